The van der Waals surface area contributed by atoms with Gasteiger partial charge < -0.3 is 15.4 Å². The third-order valence-electron chi connectivity index (χ3n) is 3.24. The third kappa shape index (κ3) is 3.05. The van der Waals surface area contributed by atoms with Gasteiger partial charge in [0.1, 0.15) is 12.1 Å². The number of methoxy groups -OCH3 is 1. The van der Waals surface area contributed by atoms with Gasteiger partial charge in [-0.3, -0.25) is 0 Å². The molecule has 0 fully saturated rings. The molecule has 1 heterocycles. The molecule has 0 bridgehead atoms. The molecule has 0 unspecified atom stereocenters. The molecule has 106 valence electrons. The summed E-state index contributed by atoms with van der Waals surface area (Å²) in [5, 5.41) is 0. The molecule has 2 N–H and O–H groups in total. The first-order chi connectivity index (χ1) is 9.65. The van der Waals surface area contributed by atoms with Crippen molar-refractivity contribution in [3.8, 4) is 5.88 Å². The van der Waals surface area contributed by atoms with Gasteiger partial charge in [0.25, 0.3) is 0 Å². The minimum atomic E-state index is 0.568. The predicted octanol–water partition coefficient (Wildman–Crippen LogP) is 1.89. The summed E-state index contributed by atoms with van der Waals surface area (Å²) < 4.78 is 5.22. The van der Waals surface area contributed by atoms with Gasteiger partial charge >= 0.3 is 0 Å². The summed E-state index contributed by atoms with van der Waals surface area (Å²) in [6, 6.07) is 8.28. The van der Waals surface area contributed by atoms with Gasteiger partial charge in [-0.05, 0) is 18.1 Å². The predicted molar refractivity (Wildman–Crippen MR) is 79.8 cm³/mol. The first-order valence-electron chi connectivity index (χ1n) is 6.50. The molecule has 0 amide bonds. The van der Waals surface area contributed by atoms with Crippen LogP contribution < -0.4 is 15.4 Å². The Hall–Kier alpha value is -2.14. The summed E-state index contributed by atoms with van der Waals surface area (Å²) in [4.78, 5) is 10.5. The highest BCUT2D eigenvalue weighted by molar-refractivity contribution is 5.49. The van der Waals surface area contributed by atoms with Gasteiger partial charge in [-0.25, -0.2) is 9.97 Å². The van der Waals surface area contributed by atoms with E-state index in [9.17, 15) is 0 Å². The fourth-order valence-corrected chi connectivity index (χ4v) is 2.15. The number of benzene rings is 1. The highest BCUT2D eigenvalue weighted by atomic mass is 16.5. The standard InChI is InChI=1S/C15H20N4O/c1-11-14(17-10-18-15(11)20-3)19(2)9-13-6-4-12(8-16)5-7-13/h4-7,10H,8-9,16H2,1-3H3. The molecule has 0 spiro atoms. The molecule has 0 aliphatic heterocycles. The van der Waals surface area contributed by atoms with Gasteiger partial charge in [-0.2, -0.15) is 0 Å². The largest absolute Gasteiger partial charge is 0.481 e. The first-order valence-corrected chi connectivity index (χ1v) is 6.50. The van der Waals surface area contributed by atoms with E-state index in [2.05, 4.69) is 39.1 Å². The molecule has 0 aliphatic carbocycles. The van der Waals surface area contributed by atoms with E-state index in [0.717, 1.165) is 23.5 Å². The van der Waals surface area contributed by atoms with Gasteiger partial charge in [-0.1, -0.05) is 24.3 Å². The van der Waals surface area contributed by atoms with E-state index in [1.165, 1.54) is 11.9 Å². The minimum absolute atomic E-state index is 0.568. The van der Waals surface area contributed by atoms with E-state index in [-0.39, 0.29) is 0 Å². The fourth-order valence-electron chi connectivity index (χ4n) is 2.15. The number of ether oxygens (including phenoxy) is 1. The van der Waals surface area contributed by atoms with E-state index in [4.69, 9.17) is 10.5 Å². The van der Waals surface area contributed by atoms with Crippen molar-refractivity contribution in [1.29, 1.82) is 0 Å². The van der Waals surface area contributed by atoms with Gasteiger partial charge in [0.15, 0.2) is 0 Å². The van der Waals surface area contributed by atoms with Crippen LogP contribution in [0, 0.1) is 6.92 Å². The van der Waals surface area contributed by atoms with Crippen molar-refractivity contribution in [1.82, 2.24) is 9.97 Å². The van der Waals surface area contributed by atoms with Crippen LogP contribution in [0.25, 0.3) is 0 Å². The smallest absolute Gasteiger partial charge is 0.221 e. The first kappa shape index (κ1) is 14.3. The van der Waals surface area contributed by atoms with Crippen molar-refractivity contribution in [2.24, 2.45) is 5.73 Å². The number of aromatic nitrogens is 2. The van der Waals surface area contributed by atoms with Crippen LogP contribution in [0.1, 0.15) is 16.7 Å². The molecular formula is C15H20N4O. The summed E-state index contributed by atoms with van der Waals surface area (Å²) >= 11 is 0. The molecule has 1 aromatic carbocycles. The molecule has 1 aromatic heterocycles. The Bertz CT molecular complexity index is 569. The Morgan fingerprint density at radius 2 is 1.80 bits per heavy atom. The highest BCUT2D eigenvalue weighted by Gasteiger charge is 2.11. The Kier molecular flexibility index (Phi) is 4.53. The van der Waals surface area contributed by atoms with E-state index >= 15 is 0 Å². The van der Waals surface area contributed by atoms with Crippen LogP contribution in [0.2, 0.25) is 0 Å². The highest BCUT2D eigenvalue weighted by Crippen LogP contribution is 2.23. The Morgan fingerprint density at radius 1 is 1.15 bits per heavy atom. The molecule has 20 heavy (non-hydrogen) atoms. The lowest BCUT2D eigenvalue weighted by molar-refractivity contribution is 0.393. The maximum Gasteiger partial charge on any atom is 0.221 e. The van der Waals surface area contributed by atoms with Crippen LogP contribution in [0.4, 0.5) is 5.82 Å². The summed E-state index contributed by atoms with van der Waals surface area (Å²) in [6.07, 6.45) is 1.52. The lowest BCUT2D eigenvalue weighted by atomic mass is 10.1. The molecular weight excluding hydrogens is 252 g/mol. The van der Waals surface area contributed by atoms with E-state index in [0.29, 0.717) is 12.4 Å². The van der Waals surface area contributed by atoms with Crippen LogP contribution >= 0.6 is 0 Å². The summed E-state index contributed by atoms with van der Waals surface area (Å²) in [6.45, 7) is 3.30. The van der Waals surface area contributed by atoms with E-state index in [1.54, 1.807) is 7.11 Å². The minimum Gasteiger partial charge on any atom is -0.481 e. The number of anilines is 1. The normalized spacial score (nSPS) is 10.4. The fraction of sp³-hybridized carbons (Fsp3) is 0.333. The summed E-state index contributed by atoms with van der Waals surface area (Å²) in [7, 11) is 3.62. The zero-order chi connectivity index (χ0) is 14.5. The second kappa shape index (κ2) is 6.34. The maximum atomic E-state index is 5.60. The third-order valence-corrected chi connectivity index (χ3v) is 3.24. The van der Waals surface area contributed by atoms with Gasteiger partial charge in [0, 0.05) is 20.1 Å². The van der Waals surface area contributed by atoms with Crippen molar-refractivity contribution >= 4 is 5.82 Å². The Balaban J connectivity index is 2.16. The van der Waals surface area contributed by atoms with Gasteiger partial charge in [0.05, 0.1) is 12.7 Å². The topological polar surface area (TPSA) is 64.3 Å². The number of hydrogen-bond donors (Lipinski definition) is 1. The van der Waals surface area contributed by atoms with Crippen molar-refractivity contribution in [3.63, 3.8) is 0 Å². The van der Waals surface area contributed by atoms with Crippen molar-refractivity contribution in [2.45, 2.75) is 20.0 Å². The molecule has 0 radical (unpaired) electrons. The molecule has 0 aliphatic rings. The van der Waals surface area contributed by atoms with Crippen molar-refractivity contribution < 1.29 is 4.74 Å². The zero-order valence-electron chi connectivity index (χ0n) is 12.1. The lowest BCUT2D eigenvalue weighted by Crippen LogP contribution is -2.19. The number of rotatable bonds is 5. The zero-order valence-corrected chi connectivity index (χ0v) is 12.1. The van der Waals surface area contributed by atoms with E-state index < -0.39 is 0 Å². The average Bonchev–Trinajstić information content (AvgIpc) is 2.48. The second-order valence-corrected chi connectivity index (χ2v) is 4.71. The lowest BCUT2D eigenvalue weighted by Gasteiger charge is -2.20. The summed E-state index contributed by atoms with van der Waals surface area (Å²) in [5.74, 6) is 1.49. The number of hydrogen-bond acceptors (Lipinski definition) is 5. The van der Waals surface area contributed by atoms with Crippen LogP contribution in [0.15, 0.2) is 30.6 Å². The van der Waals surface area contributed by atoms with E-state index in [1.807, 2.05) is 14.0 Å². The Labute approximate surface area is 119 Å². The molecule has 2 aromatic rings. The van der Waals surface area contributed by atoms with Gasteiger partial charge in [-0.15, -0.1) is 0 Å². The second-order valence-electron chi connectivity index (χ2n) is 4.71. The SMILES string of the molecule is COc1ncnc(N(C)Cc2ccc(CN)cc2)c1C. The van der Waals surface area contributed by atoms with Crippen LogP contribution in [-0.4, -0.2) is 24.1 Å². The van der Waals surface area contributed by atoms with Crippen molar-refractivity contribution in [2.75, 3.05) is 19.1 Å². The quantitative estimate of drug-likeness (QED) is 0.900. The number of nitrogens with zero attached hydrogens (tertiary/aromatic N) is 3. The molecule has 0 saturated heterocycles. The van der Waals surface area contributed by atoms with Crippen LogP contribution in [-0.2, 0) is 13.1 Å². The Morgan fingerprint density at radius 3 is 2.40 bits per heavy atom. The van der Waals surface area contributed by atoms with Gasteiger partial charge in [0.2, 0.25) is 5.88 Å². The van der Waals surface area contributed by atoms with Crippen molar-refractivity contribution in [3.05, 3.63) is 47.3 Å². The van der Waals surface area contributed by atoms with Crippen LogP contribution in [0.3, 0.4) is 0 Å². The monoisotopic (exact) mass is 272 g/mol. The molecule has 0 atom stereocenters. The molecule has 2 rings (SSSR count). The number of nitrogens with two attached hydrogens (primary N) is 1. The average molecular weight is 272 g/mol. The molecule has 5 nitrogen and oxygen atoms in total. The van der Waals surface area contributed by atoms with Crippen LogP contribution in [0.5, 0.6) is 5.88 Å². The molecule has 5 heteroatoms. The summed E-state index contributed by atoms with van der Waals surface area (Å²) in [5.41, 5.74) is 8.89. The maximum absolute atomic E-state index is 5.60. The molecule has 0 saturated carbocycles.